The summed E-state index contributed by atoms with van der Waals surface area (Å²) in [6.07, 6.45) is 3.78. The zero-order valence-corrected chi connectivity index (χ0v) is 13.1. The third-order valence-electron chi connectivity index (χ3n) is 2.88. The summed E-state index contributed by atoms with van der Waals surface area (Å²) in [6.45, 7) is 4.89. The first kappa shape index (κ1) is 14.3. The lowest BCUT2D eigenvalue weighted by atomic mass is 10.0. The maximum absolute atomic E-state index is 5.79. The summed E-state index contributed by atoms with van der Waals surface area (Å²) in [7, 11) is 2.02. The van der Waals surface area contributed by atoms with Crippen molar-refractivity contribution in [3.05, 3.63) is 29.0 Å². The van der Waals surface area contributed by atoms with Gasteiger partial charge in [-0.05, 0) is 31.7 Å². The minimum absolute atomic E-state index is 0.271. The third kappa shape index (κ3) is 3.28. The summed E-state index contributed by atoms with van der Waals surface area (Å²) in [4.78, 5) is 15.4. The summed E-state index contributed by atoms with van der Waals surface area (Å²) >= 11 is 7.36. The second-order valence-corrected chi connectivity index (χ2v) is 6.10. The molecule has 0 aromatic carbocycles. The van der Waals surface area contributed by atoms with Crippen molar-refractivity contribution in [2.75, 3.05) is 13.3 Å². The van der Waals surface area contributed by atoms with E-state index < -0.39 is 0 Å². The number of likely N-dealkylation sites (N-methyl/N-ethyl adjacent to an activating group) is 1. The van der Waals surface area contributed by atoms with Crippen molar-refractivity contribution in [3.8, 4) is 0 Å². The van der Waals surface area contributed by atoms with Crippen LogP contribution in [0.15, 0.2) is 28.3 Å². The molecule has 1 aliphatic rings. The number of halogens is 1. The molecule has 2 rings (SSSR count). The average Bonchev–Trinajstić information content (AvgIpc) is 2.67. The number of hydrogen-bond donors (Lipinski definition) is 0. The van der Waals surface area contributed by atoms with E-state index >= 15 is 0 Å². The van der Waals surface area contributed by atoms with Crippen molar-refractivity contribution in [2.45, 2.75) is 25.9 Å². The summed E-state index contributed by atoms with van der Waals surface area (Å²) in [6, 6.07) is 3.78. The van der Waals surface area contributed by atoms with E-state index in [-0.39, 0.29) is 5.54 Å². The Bertz CT molecular complexity index is 522. The van der Waals surface area contributed by atoms with Gasteiger partial charge in [0.05, 0.1) is 0 Å². The number of thioether (sulfide) groups is 1. The molecule has 0 fully saturated rings. The standard InChI is InChI=1S/C13H17ClN4S/c1-13(2)11(16-12(17-13)19-4)18(3)8-9-5-6-10(14)15-7-9/h5-7H,8H2,1-4H3. The van der Waals surface area contributed by atoms with Crippen LogP contribution in [-0.4, -0.2) is 39.7 Å². The SMILES string of the molecule is CSC1=NC(C)(C)C(N(C)Cc2ccc(Cl)nc2)=N1. The monoisotopic (exact) mass is 296 g/mol. The highest BCUT2D eigenvalue weighted by molar-refractivity contribution is 8.13. The molecule has 2 heterocycles. The van der Waals surface area contributed by atoms with Gasteiger partial charge in [0.2, 0.25) is 0 Å². The Labute approximate surface area is 123 Å². The zero-order valence-electron chi connectivity index (χ0n) is 11.5. The normalized spacial score (nSPS) is 17.1. The second kappa shape index (κ2) is 5.51. The lowest BCUT2D eigenvalue weighted by Gasteiger charge is -2.27. The van der Waals surface area contributed by atoms with Crippen molar-refractivity contribution in [3.63, 3.8) is 0 Å². The fourth-order valence-electron chi connectivity index (χ4n) is 2.03. The van der Waals surface area contributed by atoms with Crippen molar-refractivity contribution in [2.24, 2.45) is 9.98 Å². The summed E-state index contributed by atoms with van der Waals surface area (Å²) in [5.74, 6) is 0.979. The van der Waals surface area contributed by atoms with Gasteiger partial charge >= 0.3 is 0 Å². The van der Waals surface area contributed by atoms with Crippen LogP contribution in [0.5, 0.6) is 0 Å². The molecule has 6 heteroatoms. The smallest absolute Gasteiger partial charge is 0.185 e. The van der Waals surface area contributed by atoms with E-state index in [2.05, 4.69) is 33.7 Å². The van der Waals surface area contributed by atoms with Crippen molar-refractivity contribution in [1.29, 1.82) is 0 Å². The maximum atomic E-state index is 5.79. The minimum atomic E-state index is -0.271. The first-order valence-electron chi connectivity index (χ1n) is 5.97. The molecule has 0 amide bonds. The van der Waals surface area contributed by atoms with Crippen LogP contribution in [0.2, 0.25) is 5.15 Å². The molecule has 1 aliphatic heterocycles. The number of rotatable bonds is 2. The zero-order chi connectivity index (χ0) is 14.0. The van der Waals surface area contributed by atoms with Crippen LogP contribution in [0.25, 0.3) is 0 Å². The van der Waals surface area contributed by atoms with Gasteiger partial charge in [0, 0.05) is 19.8 Å². The van der Waals surface area contributed by atoms with Gasteiger partial charge < -0.3 is 4.90 Å². The van der Waals surface area contributed by atoms with E-state index in [1.807, 2.05) is 19.4 Å². The van der Waals surface area contributed by atoms with Gasteiger partial charge in [0.15, 0.2) is 5.17 Å². The Hall–Kier alpha value is -1.07. The van der Waals surface area contributed by atoms with Gasteiger partial charge in [-0.1, -0.05) is 29.4 Å². The number of hydrogen-bond acceptors (Lipinski definition) is 5. The molecular formula is C13H17ClN4S. The molecule has 0 atom stereocenters. The van der Waals surface area contributed by atoms with Crippen LogP contribution in [-0.2, 0) is 6.54 Å². The van der Waals surface area contributed by atoms with Gasteiger partial charge in [0.25, 0.3) is 0 Å². The molecule has 1 aromatic rings. The largest absolute Gasteiger partial charge is 0.357 e. The molecule has 4 nitrogen and oxygen atoms in total. The van der Waals surface area contributed by atoms with Gasteiger partial charge in [-0.25, -0.2) is 15.0 Å². The molecule has 19 heavy (non-hydrogen) atoms. The van der Waals surface area contributed by atoms with Crippen LogP contribution in [0, 0.1) is 0 Å². The lowest BCUT2D eigenvalue weighted by molar-refractivity contribution is 0.460. The minimum Gasteiger partial charge on any atom is -0.357 e. The number of pyridine rings is 1. The number of amidine groups is 2. The van der Waals surface area contributed by atoms with E-state index in [0.717, 1.165) is 23.1 Å². The Morgan fingerprint density at radius 1 is 1.37 bits per heavy atom. The fraction of sp³-hybridized carbons (Fsp3) is 0.462. The Morgan fingerprint density at radius 2 is 2.11 bits per heavy atom. The second-order valence-electron chi connectivity index (χ2n) is 4.94. The summed E-state index contributed by atoms with van der Waals surface area (Å²) < 4.78 is 0. The average molecular weight is 297 g/mol. The van der Waals surface area contributed by atoms with E-state index in [1.54, 1.807) is 24.0 Å². The quantitative estimate of drug-likeness (QED) is 0.788. The lowest BCUT2D eigenvalue weighted by Crippen LogP contribution is -2.39. The van der Waals surface area contributed by atoms with E-state index in [0.29, 0.717) is 5.15 Å². The van der Waals surface area contributed by atoms with Crippen LogP contribution in [0.4, 0.5) is 0 Å². The van der Waals surface area contributed by atoms with Gasteiger partial charge in [-0.15, -0.1) is 0 Å². The molecule has 0 spiro atoms. The summed E-state index contributed by atoms with van der Waals surface area (Å²) in [5, 5.41) is 1.35. The molecule has 0 N–H and O–H groups in total. The van der Waals surface area contributed by atoms with Crippen LogP contribution >= 0.6 is 23.4 Å². The predicted octanol–water partition coefficient (Wildman–Crippen LogP) is 3.08. The van der Waals surface area contributed by atoms with Crippen molar-refractivity contribution in [1.82, 2.24) is 9.88 Å². The molecule has 1 aromatic heterocycles. The van der Waals surface area contributed by atoms with Crippen molar-refractivity contribution < 1.29 is 0 Å². The van der Waals surface area contributed by atoms with E-state index in [9.17, 15) is 0 Å². The van der Waals surface area contributed by atoms with Gasteiger partial charge in [0.1, 0.15) is 16.5 Å². The highest BCUT2D eigenvalue weighted by atomic mass is 35.5. The Kier molecular flexibility index (Phi) is 4.16. The van der Waals surface area contributed by atoms with E-state index in [1.165, 1.54) is 0 Å². The number of aliphatic imine (C=N–C) groups is 2. The molecule has 0 saturated carbocycles. The van der Waals surface area contributed by atoms with Crippen molar-refractivity contribution >= 4 is 34.4 Å². The molecular weight excluding hydrogens is 280 g/mol. The topological polar surface area (TPSA) is 40.9 Å². The van der Waals surface area contributed by atoms with E-state index in [4.69, 9.17) is 11.6 Å². The van der Waals surface area contributed by atoms with Crippen LogP contribution < -0.4 is 0 Å². The third-order valence-corrected chi connectivity index (χ3v) is 3.65. The molecule has 0 aliphatic carbocycles. The predicted molar refractivity (Wildman–Crippen MR) is 83.2 cm³/mol. The van der Waals surface area contributed by atoms with Gasteiger partial charge in [-0.3, -0.25) is 0 Å². The van der Waals surface area contributed by atoms with Crippen LogP contribution in [0.3, 0.4) is 0 Å². The Morgan fingerprint density at radius 3 is 2.63 bits per heavy atom. The number of nitrogens with zero attached hydrogens (tertiary/aromatic N) is 4. The highest BCUT2D eigenvalue weighted by Gasteiger charge is 2.33. The van der Waals surface area contributed by atoms with Gasteiger partial charge in [-0.2, -0.15) is 0 Å². The van der Waals surface area contributed by atoms with Crippen LogP contribution in [0.1, 0.15) is 19.4 Å². The molecule has 0 saturated heterocycles. The Balaban J connectivity index is 2.13. The fourth-order valence-corrected chi connectivity index (χ4v) is 2.64. The highest BCUT2D eigenvalue weighted by Crippen LogP contribution is 2.25. The first-order valence-corrected chi connectivity index (χ1v) is 7.57. The maximum Gasteiger partial charge on any atom is 0.185 e. The molecule has 0 radical (unpaired) electrons. The molecule has 0 unspecified atom stereocenters. The molecule has 0 bridgehead atoms. The summed E-state index contributed by atoms with van der Waals surface area (Å²) in [5.41, 5.74) is 0.829. The first-order chi connectivity index (χ1) is 8.92. The molecule has 102 valence electrons. The number of aromatic nitrogens is 1.